The topological polar surface area (TPSA) is 57.9 Å². The van der Waals surface area contributed by atoms with Crippen LogP contribution in [-0.2, 0) is 6.61 Å². The van der Waals surface area contributed by atoms with Gasteiger partial charge >= 0.3 is 0 Å². The lowest BCUT2D eigenvalue weighted by atomic mass is 10.2. The molecule has 7 heteroatoms. The molecule has 5 nitrogen and oxygen atoms in total. The third-order valence-electron chi connectivity index (χ3n) is 4.71. The molecule has 3 aromatic carbocycles. The normalized spacial score (nSPS) is 10.8. The van der Waals surface area contributed by atoms with Crippen LogP contribution in [0.25, 0.3) is 11.0 Å². The minimum atomic E-state index is -0.691. The van der Waals surface area contributed by atoms with Gasteiger partial charge in [0, 0.05) is 6.07 Å². The Labute approximate surface area is 176 Å². The number of fused-ring (bicyclic) bond motifs is 1. The van der Waals surface area contributed by atoms with E-state index in [1.807, 2.05) is 0 Å². The maximum atomic E-state index is 13.8. The summed E-state index contributed by atoms with van der Waals surface area (Å²) in [5, 5.41) is 0.290. The smallest absolute Gasteiger partial charge is 0.235 e. The summed E-state index contributed by atoms with van der Waals surface area (Å²) in [6, 6.07) is 15.0. The fourth-order valence-electron chi connectivity index (χ4n) is 3.06. The van der Waals surface area contributed by atoms with Gasteiger partial charge in [-0.2, -0.15) is 0 Å². The molecule has 0 spiro atoms. The molecule has 0 atom stereocenters. The Hall–Kier alpha value is -3.87. The largest absolute Gasteiger partial charge is 0.497 e. The van der Waals surface area contributed by atoms with Crippen molar-refractivity contribution in [2.75, 3.05) is 7.11 Å². The van der Waals surface area contributed by atoms with Gasteiger partial charge in [0.25, 0.3) is 0 Å². The van der Waals surface area contributed by atoms with Crippen molar-refractivity contribution in [3.63, 3.8) is 0 Å². The molecule has 0 radical (unpaired) electrons. The second-order valence-corrected chi connectivity index (χ2v) is 6.74. The van der Waals surface area contributed by atoms with E-state index in [1.165, 1.54) is 24.3 Å². The molecular formula is C24H18F2O5. The molecular weight excluding hydrogens is 406 g/mol. The Balaban J connectivity index is 1.60. The zero-order valence-corrected chi connectivity index (χ0v) is 16.8. The summed E-state index contributed by atoms with van der Waals surface area (Å²) >= 11 is 0. The van der Waals surface area contributed by atoms with E-state index >= 15 is 0 Å². The lowest BCUT2D eigenvalue weighted by molar-refractivity contribution is 0.292. The number of methoxy groups -OCH3 is 1. The molecule has 0 fully saturated rings. The lowest BCUT2D eigenvalue weighted by Gasteiger charge is -2.11. The fraction of sp³-hybridized carbons (Fsp3) is 0.125. The zero-order chi connectivity index (χ0) is 22.0. The number of ether oxygens (including phenoxy) is 3. The van der Waals surface area contributed by atoms with E-state index in [9.17, 15) is 13.6 Å². The number of benzene rings is 3. The molecule has 4 rings (SSSR count). The molecule has 0 aliphatic carbocycles. The number of hydrogen-bond acceptors (Lipinski definition) is 5. The van der Waals surface area contributed by atoms with Crippen molar-refractivity contribution in [1.29, 1.82) is 0 Å². The predicted octanol–water partition coefficient (Wildman–Crippen LogP) is 5.76. The van der Waals surface area contributed by atoms with Gasteiger partial charge in [0.2, 0.25) is 11.2 Å². The summed E-state index contributed by atoms with van der Waals surface area (Å²) in [4.78, 5) is 12.9. The van der Waals surface area contributed by atoms with E-state index in [-0.39, 0.29) is 34.7 Å². The van der Waals surface area contributed by atoms with Gasteiger partial charge in [0.1, 0.15) is 46.8 Å². The van der Waals surface area contributed by atoms with Crippen molar-refractivity contribution in [2.24, 2.45) is 0 Å². The van der Waals surface area contributed by atoms with E-state index in [0.29, 0.717) is 22.6 Å². The van der Waals surface area contributed by atoms with Crippen LogP contribution in [-0.4, -0.2) is 7.11 Å². The Morgan fingerprint density at radius 1 is 0.903 bits per heavy atom. The first-order valence-electron chi connectivity index (χ1n) is 9.41. The molecule has 0 amide bonds. The Morgan fingerprint density at radius 2 is 1.55 bits per heavy atom. The van der Waals surface area contributed by atoms with Crippen molar-refractivity contribution in [1.82, 2.24) is 0 Å². The van der Waals surface area contributed by atoms with E-state index in [2.05, 4.69) is 0 Å². The van der Waals surface area contributed by atoms with Crippen molar-refractivity contribution in [2.45, 2.75) is 13.5 Å². The van der Waals surface area contributed by atoms with E-state index in [1.54, 1.807) is 38.3 Å². The predicted molar refractivity (Wildman–Crippen MR) is 111 cm³/mol. The summed E-state index contributed by atoms with van der Waals surface area (Å²) < 4.78 is 49.7. The van der Waals surface area contributed by atoms with Gasteiger partial charge in [0.05, 0.1) is 18.1 Å². The summed E-state index contributed by atoms with van der Waals surface area (Å²) in [6.45, 7) is 1.31. The quantitative estimate of drug-likeness (QED) is 0.394. The van der Waals surface area contributed by atoms with Crippen LogP contribution in [0.1, 0.15) is 11.3 Å². The highest BCUT2D eigenvalue weighted by Crippen LogP contribution is 2.28. The molecule has 0 saturated carbocycles. The number of halogens is 2. The lowest BCUT2D eigenvalue weighted by Crippen LogP contribution is -2.08. The van der Waals surface area contributed by atoms with Gasteiger partial charge in [-0.05, 0) is 55.5 Å². The standard InChI is InChI=1S/C24H18F2O5/c1-14-24(31-16-8-6-15(28-2)7-9-16)23(27)18-11-10-17(12-22(18)30-14)29-13-19-20(25)4-3-5-21(19)26/h3-12H,13H2,1-2H3. The molecule has 4 aromatic rings. The monoisotopic (exact) mass is 424 g/mol. The minimum absolute atomic E-state index is 0.0692. The van der Waals surface area contributed by atoms with E-state index in [4.69, 9.17) is 18.6 Å². The highest BCUT2D eigenvalue weighted by Gasteiger charge is 2.15. The van der Waals surface area contributed by atoms with Crippen molar-refractivity contribution < 1.29 is 27.4 Å². The maximum Gasteiger partial charge on any atom is 0.235 e. The molecule has 0 bridgehead atoms. The van der Waals surface area contributed by atoms with Gasteiger partial charge in [-0.3, -0.25) is 4.79 Å². The van der Waals surface area contributed by atoms with Gasteiger partial charge < -0.3 is 18.6 Å². The van der Waals surface area contributed by atoms with E-state index < -0.39 is 11.6 Å². The Kier molecular flexibility index (Phi) is 5.58. The summed E-state index contributed by atoms with van der Waals surface area (Å²) in [6.07, 6.45) is 0. The Bertz CT molecular complexity index is 1280. The van der Waals surface area contributed by atoms with Crippen LogP contribution in [0.2, 0.25) is 0 Å². The molecule has 1 heterocycles. The highest BCUT2D eigenvalue weighted by molar-refractivity contribution is 5.79. The van der Waals surface area contributed by atoms with Crippen LogP contribution >= 0.6 is 0 Å². The molecule has 0 saturated heterocycles. The molecule has 158 valence electrons. The van der Waals surface area contributed by atoms with Gasteiger partial charge in [-0.25, -0.2) is 8.78 Å². The summed E-state index contributed by atoms with van der Waals surface area (Å²) in [5.41, 5.74) is -0.249. The molecule has 0 N–H and O–H groups in total. The van der Waals surface area contributed by atoms with Crippen LogP contribution in [0.5, 0.6) is 23.0 Å². The van der Waals surface area contributed by atoms with Crippen LogP contribution in [0.4, 0.5) is 8.78 Å². The number of hydrogen-bond donors (Lipinski definition) is 0. The van der Waals surface area contributed by atoms with Gasteiger partial charge in [-0.15, -0.1) is 0 Å². The van der Waals surface area contributed by atoms with Crippen molar-refractivity contribution >= 4 is 11.0 Å². The van der Waals surface area contributed by atoms with Crippen molar-refractivity contribution in [3.8, 4) is 23.0 Å². The summed E-state index contributed by atoms with van der Waals surface area (Å²) in [5.74, 6) is 0.402. The molecule has 1 aromatic heterocycles. The van der Waals surface area contributed by atoms with Crippen LogP contribution in [0, 0.1) is 18.6 Å². The van der Waals surface area contributed by atoms with Crippen molar-refractivity contribution in [3.05, 3.63) is 93.8 Å². The average molecular weight is 424 g/mol. The van der Waals surface area contributed by atoms with Gasteiger partial charge in [0.15, 0.2) is 0 Å². The van der Waals surface area contributed by atoms with Crippen LogP contribution in [0.15, 0.2) is 69.9 Å². The zero-order valence-electron chi connectivity index (χ0n) is 16.8. The fourth-order valence-corrected chi connectivity index (χ4v) is 3.06. The highest BCUT2D eigenvalue weighted by atomic mass is 19.1. The first-order valence-corrected chi connectivity index (χ1v) is 9.41. The Morgan fingerprint density at radius 3 is 2.23 bits per heavy atom. The minimum Gasteiger partial charge on any atom is -0.497 e. The molecule has 0 aliphatic rings. The second kappa shape index (κ2) is 8.47. The second-order valence-electron chi connectivity index (χ2n) is 6.74. The first-order chi connectivity index (χ1) is 15.0. The third kappa shape index (κ3) is 4.21. The van der Waals surface area contributed by atoms with Crippen LogP contribution < -0.4 is 19.6 Å². The third-order valence-corrected chi connectivity index (χ3v) is 4.71. The van der Waals surface area contributed by atoms with Crippen LogP contribution in [0.3, 0.4) is 0 Å². The summed E-state index contributed by atoms with van der Waals surface area (Å²) in [7, 11) is 1.56. The first kappa shape index (κ1) is 20.4. The SMILES string of the molecule is COc1ccc(Oc2c(C)oc3cc(OCc4c(F)cccc4F)ccc3c2=O)cc1. The number of aryl methyl sites for hydroxylation is 1. The molecule has 31 heavy (non-hydrogen) atoms. The molecule has 0 aliphatic heterocycles. The van der Waals surface area contributed by atoms with Gasteiger partial charge in [-0.1, -0.05) is 6.07 Å². The number of rotatable bonds is 6. The maximum absolute atomic E-state index is 13.8. The average Bonchev–Trinajstić information content (AvgIpc) is 2.76. The molecule has 0 unspecified atom stereocenters. The van der Waals surface area contributed by atoms with E-state index in [0.717, 1.165) is 12.1 Å².